The van der Waals surface area contributed by atoms with Crippen LogP contribution in [0.3, 0.4) is 0 Å². The lowest BCUT2D eigenvalue weighted by Crippen LogP contribution is -2.46. The van der Waals surface area contributed by atoms with E-state index in [9.17, 15) is 9.59 Å². The molecule has 0 saturated heterocycles. The van der Waals surface area contributed by atoms with Crippen LogP contribution in [0.2, 0.25) is 0 Å². The summed E-state index contributed by atoms with van der Waals surface area (Å²) in [5.74, 6) is 2.01. The molecule has 0 aromatic heterocycles. The van der Waals surface area contributed by atoms with Gasteiger partial charge in [0.15, 0.2) is 5.78 Å². The van der Waals surface area contributed by atoms with Crippen LogP contribution in [0.15, 0.2) is 0 Å². The van der Waals surface area contributed by atoms with E-state index in [0.29, 0.717) is 24.2 Å². The van der Waals surface area contributed by atoms with Crippen molar-refractivity contribution in [3.63, 3.8) is 0 Å². The first-order chi connectivity index (χ1) is 8.86. The van der Waals surface area contributed by atoms with Crippen molar-refractivity contribution in [2.75, 3.05) is 7.11 Å². The summed E-state index contributed by atoms with van der Waals surface area (Å²) in [6.07, 6.45) is 2.42. The van der Waals surface area contributed by atoms with Crippen molar-refractivity contribution in [3.05, 3.63) is 0 Å². The van der Waals surface area contributed by atoms with Gasteiger partial charge in [-0.25, -0.2) is 4.79 Å². The third-order valence-electron chi connectivity index (χ3n) is 4.27. The molecule has 1 aliphatic carbocycles. The number of hydrogen-bond acceptors (Lipinski definition) is 3. The summed E-state index contributed by atoms with van der Waals surface area (Å²) in [6, 6.07) is -0.430. The fourth-order valence-corrected chi connectivity index (χ4v) is 2.92. The topological polar surface area (TPSA) is 55.4 Å². The Bertz CT molecular complexity index is 325. The lowest BCUT2D eigenvalue weighted by atomic mass is 9.65. The number of hydrogen-bond donors (Lipinski definition) is 1. The summed E-state index contributed by atoms with van der Waals surface area (Å²) < 4.78 is 4.58. The highest BCUT2D eigenvalue weighted by molar-refractivity contribution is 5.87. The molecule has 4 nitrogen and oxygen atoms in total. The Morgan fingerprint density at radius 3 is 2.21 bits per heavy atom. The second-order valence-electron chi connectivity index (χ2n) is 6.27. The molecule has 1 fully saturated rings. The maximum Gasteiger partial charge on any atom is 0.407 e. The number of amides is 1. The van der Waals surface area contributed by atoms with Crippen molar-refractivity contribution in [1.29, 1.82) is 0 Å². The zero-order valence-electron chi connectivity index (χ0n) is 12.7. The van der Waals surface area contributed by atoms with Crippen LogP contribution in [-0.2, 0) is 9.53 Å². The first-order valence-electron chi connectivity index (χ1n) is 7.24. The van der Waals surface area contributed by atoms with Gasteiger partial charge in [0.1, 0.15) is 0 Å². The molecule has 0 spiro atoms. The fourth-order valence-electron chi connectivity index (χ4n) is 2.92. The lowest BCUT2D eigenvalue weighted by molar-refractivity contribution is -0.124. The number of carbonyl (C=O) groups excluding carboxylic acids is 2. The number of rotatable bonds is 6. The summed E-state index contributed by atoms with van der Waals surface area (Å²) in [6.45, 7) is 8.32. The highest BCUT2D eigenvalue weighted by atomic mass is 16.5. The van der Waals surface area contributed by atoms with Gasteiger partial charge in [0.2, 0.25) is 0 Å². The molecule has 0 aromatic rings. The predicted octanol–water partition coefficient (Wildman–Crippen LogP) is 3.01. The Morgan fingerprint density at radius 2 is 1.84 bits per heavy atom. The van der Waals surface area contributed by atoms with Crippen molar-refractivity contribution >= 4 is 11.9 Å². The van der Waals surface area contributed by atoms with E-state index in [1.165, 1.54) is 13.5 Å². The highest BCUT2D eigenvalue weighted by Gasteiger charge is 2.36. The molecule has 4 heteroatoms. The SMILES string of the molecule is COC(=O)N[C@H](C(=O)C[C@H]1CC[C@@H]1C(C)C)C(C)C. The van der Waals surface area contributed by atoms with Gasteiger partial charge in [-0.2, -0.15) is 0 Å². The molecular formula is C15H27NO3. The van der Waals surface area contributed by atoms with E-state index in [-0.39, 0.29) is 11.7 Å². The van der Waals surface area contributed by atoms with Crippen LogP contribution in [-0.4, -0.2) is 25.0 Å². The van der Waals surface area contributed by atoms with E-state index in [1.54, 1.807) is 0 Å². The zero-order chi connectivity index (χ0) is 14.6. The minimum absolute atomic E-state index is 0.0872. The van der Waals surface area contributed by atoms with E-state index < -0.39 is 12.1 Å². The summed E-state index contributed by atoms with van der Waals surface area (Å²) in [7, 11) is 1.32. The van der Waals surface area contributed by atoms with Gasteiger partial charge < -0.3 is 10.1 Å². The van der Waals surface area contributed by atoms with Crippen molar-refractivity contribution in [2.45, 2.75) is 53.0 Å². The van der Waals surface area contributed by atoms with Gasteiger partial charge in [-0.1, -0.05) is 27.7 Å². The monoisotopic (exact) mass is 269 g/mol. The van der Waals surface area contributed by atoms with Gasteiger partial charge in [0.05, 0.1) is 13.2 Å². The Morgan fingerprint density at radius 1 is 1.21 bits per heavy atom. The minimum Gasteiger partial charge on any atom is -0.453 e. The van der Waals surface area contributed by atoms with Gasteiger partial charge in [0, 0.05) is 6.42 Å². The number of ether oxygens (including phenoxy) is 1. The Labute approximate surface area is 116 Å². The molecule has 1 rings (SSSR count). The lowest BCUT2D eigenvalue weighted by Gasteiger charge is -2.40. The highest BCUT2D eigenvalue weighted by Crippen LogP contribution is 2.41. The van der Waals surface area contributed by atoms with E-state index in [4.69, 9.17) is 0 Å². The molecule has 1 saturated carbocycles. The smallest absolute Gasteiger partial charge is 0.407 e. The zero-order valence-corrected chi connectivity index (χ0v) is 12.7. The van der Waals surface area contributed by atoms with Crippen LogP contribution >= 0.6 is 0 Å². The van der Waals surface area contributed by atoms with E-state index in [0.717, 1.165) is 6.42 Å². The van der Waals surface area contributed by atoms with Crippen LogP contribution in [0.1, 0.15) is 47.0 Å². The van der Waals surface area contributed by atoms with Gasteiger partial charge in [-0.05, 0) is 36.5 Å². The average Bonchev–Trinajstić information content (AvgIpc) is 2.29. The summed E-state index contributed by atoms with van der Waals surface area (Å²) in [5, 5.41) is 2.65. The maximum atomic E-state index is 12.3. The second-order valence-corrected chi connectivity index (χ2v) is 6.27. The van der Waals surface area contributed by atoms with Crippen LogP contribution < -0.4 is 5.32 Å². The first kappa shape index (κ1) is 16.0. The van der Waals surface area contributed by atoms with Gasteiger partial charge in [-0.15, -0.1) is 0 Å². The van der Waals surface area contributed by atoms with E-state index in [1.807, 2.05) is 13.8 Å². The van der Waals surface area contributed by atoms with Gasteiger partial charge in [-0.3, -0.25) is 4.79 Å². The van der Waals surface area contributed by atoms with Crippen LogP contribution in [0, 0.1) is 23.7 Å². The molecule has 0 heterocycles. The summed E-state index contributed by atoms with van der Waals surface area (Å²) >= 11 is 0. The summed E-state index contributed by atoms with van der Waals surface area (Å²) in [4.78, 5) is 23.6. The number of nitrogens with one attached hydrogen (secondary N) is 1. The molecule has 1 aliphatic rings. The molecule has 1 amide bonds. The number of methoxy groups -OCH3 is 1. The van der Waals surface area contributed by atoms with E-state index in [2.05, 4.69) is 23.9 Å². The molecule has 3 atom stereocenters. The number of ketones is 1. The minimum atomic E-state index is -0.527. The van der Waals surface area contributed by atoms with Crippen molar-refractivity contribution < 1.29 is 14.3 Å². The maximum absolute atomic E-state index is 12.3. The van der Waals surface area contributed by atoms with Crippen LogP contribution in [0.25, 0.3) is 0 Å². The fraction of sp³-hybridized carbons (Fsp3) is 0.867. The molecule has 0 unspecified atom stereocenters. The van der Waals surface area contributed by atoms with Crippen LogP contribution in [0.4, 0.5) is 4.79 Å². The normalized spacial score (nSPS) is 23.9. The number of carbonyl (C=O) groups is 2. The molecule has 0 aliphatic heterocycles. The standard InChI is InChI=1S/C15H27NO3/c1-9(2)12-7-6-11(12)8-13(17)14(10(3)4)16-15(18)19-5/h9-12,14H,6-8H2,1-5H3,(H,16,18)/t11-,12-,14+/m1/s1. The molecule has 0 radical (unpaired) electrons. The third kappa shape index (κ3) is 4.22. The average molecular weight is 269 g/mol. The molecular weight excluding hydrogens is 242 g/mol. The number of alkyl carbamates (subject to hydrolysis) is 1. The molecule has 0 aromatic carbocycles. The van der Waals surface area contributed by atoms with E-state index >= 15 is 0 Å². The van der Waals surface area contributed by atoms with Crippen molar-refractivity contribution in [1.82, 2.24) is 5.32 Å². The Hall–Kier alpha value is -1.06. The summed E-state index contributed by atoms with van der Waals surface area (Å²) in [5.41, 5.74) is 0. The molecule has 19 heavy (non-hydrogen) atoms. The van der Waals surface area contributed by atoms with Gasteiger partial charge in [0.25, 0.3) is 0 Å². The first-order valence-corrected chi connectivity index (χ1v) is 7.24. The van der Waals surface area contributed by atoms with Gasteiger partial charge >= 0.3 is 6.09 Å². The molecule has 1 N–H and O–H groups in total. The largest absolute Gasteiger partial charge is 0.453 e. The molecule has 0 bridgehead atoms. The Balaban J connectivity index is 2.55. The van der Waals surface area contributed by atoms with Crippen molar-refractivity contribution in [2.24, 2.45) is 23.7 Å². The van der Waals surface area contributed by atoms with Crippen LogP contribution in [0.5, 0.6) is 0 Å². The second kappa shape index (κ2) is 6.92. The predicted molar refractivity (Wildman–Crippen MR) is 74.8 cm³/mol. The number of Topliss-reactive ketones (excluding diaryl/α,β-unsaturated/α-hetero) is 1. The third-order valence-corrected chi connectivity index (χ3v) is 4.27. The quantitative estimate of drug-likeness (QED) is 0.806. The van der Waals surface area contributed by atoms with Crippen molar-refractivity contribution in [3.8, 4) is 0 Å². The Kier molecular flexibility index (Phi) is 5.83. The molecule has 110 valence electrons.